The van der Waals surface area contributed by atoms with E-state index in [0.29, 0.717) is 18.2 Å². The van der Waals surface area contributed by atoms with Crippen LogP contribution in [0.4, 0.5) is 5.69 Å². The molecule has 2 saturated carbocycles. The maximum Gasteiger partial charge on any atom is 0.226 e. The maximum atomic E-state index is 11.9. The van der Waals surface area contributed by atoms with E-state index in [1.54, 1.807) is 12.3 Å². The van der Waals surface area contributed by atoms with Crippen molar-refractivity contribution in [2.45, 2.75) is 38.1 Å². The Hall–Kier alpha value is -1.58. The molecule has 0 radical (unpaired) electrons. The van der Waals surface area contributed by atoms with Gasteiger partial charge in [-0.25, -0.2) is 0 Å². The standard InChI is InChI=1S/C14H19N3O/c15-11-3-4-12(16-8-11)7-14(18)17-13-6-9-1-2-10(13)5-9/h3-4,8-10,13H,1-2,5-7,15H2,(H,17,18). The van der Waals surface area contributed by atoms with Crippen molar-refractivity contribution >= 4 is 11.6 Å². The summed E-state index contributed by atoms with van der Waals surface area (Å²) in [7, 11) is 0. The number of nitrogens with zero attached hydrogens (tertiary/aromatic N) is 1. The Morgan fingerprint density at radius 1 is 1.39 bits per heavy atom. The molecule has 2 aliphatic carbocycles. The van der Waals surface area contributed by atoms with E-state index in [2.05, 4.69) is 10.3 Å². The van der Waals surface area contributed by atoms with Crippen LogP contribution >= 0.6 is 0 Å². The number of hydrogen-bond donors (Lipinski definition) is 2. The third-order valence-corrected chi connectivity index (χ3v) is 4.27. The van der Waals surface area contributed by atoms with E-state index in [1.807, 2.05) is 6.07 Å². The highest BCUT2D eigenvalue weighted by Crippen LogP contribution is 2.44. The lowest BCUT2D eigenvalue weighted by atomic mass is 9.95. The second-order valence-corrected chi connectivity index (χ2v) is 5.61. The van der Waals surface area contributed by atoms with Crippen molar-refractivity contribution in [2.24, 2.45) is 11.8 Å². The fourth-order valence-corrected chi connectivity index (χ4v) is 3.38. The Morgan fingerprint density at radius 2 is 2.28 bits per heavy atom. The highest BCUT2D eigenvalue weighted by Gasteiger charge is 2.39. The Kier molecular flexibility index (Phi) is 2.94. The van der Waals surface area contributed by atoms with Gasteiger partial charge in [0.05, 0.1) is 18.3 Å². The van der Waals surface area contributed by atoms with Gasteiger partial charge in [-0.2, -0.15) is 0 Å². The van der Waals surface area contributed by atoms with E-state index in [4.69, 9.17) is 5.73 Å². The molecule has 1 aromatic rings. The molecule has 3 unspecified atom stereocenters. The zero-order valence-electron chi connectivity index (χ0n) is 10.4. The molecule has 0 spiro atoms. The first-order valence-electron chi connectivity index (χ1n) is 6.70. The lowest BCUT2D eigenvalue weighted by Crippen LogP contribution is -2.39. The van der Waals surface area contributed by atoms with Crippen molar-refractivity contribution < 1.29 is 4.79 Å². The lowest BCUT2D eigenvalue weighted by Gasteiger charge is -2.22. The van der Waals surface area contributed by atoms with Crippen LogP contribution in [-0.2, 0) is 11.2 Å². The minimum atomic E-state index is 0.0878. The Bertz CT molecular complexity index is 443. The quantitative estimate of drug-likeness (QED) is 0.848. The molecule has 3 N–H and O–H groups in total. The summed E-state index contributed by atoms with van der Waals surface area (Å²) in [6.45, 7) is 0. The second kappa shape index (κ2) is 4.59. The van der Waals surface area contributed by atoms with Crippen molar-refractivity contribution in [2.75, 3.05) is 5.73 Å². The SMILES string of the molecule is Nc1ccc(CC(=O)NC2CC3CCC2C3)nc1. The van der Waals surface area contributed by atoms with Crippen LogP contribution in [0.5, 0.6) is 0 Å². The van der Waals surface area contributed by atoms with Gasteiger partial charge in [0.25, 0.3) is 0 Å². The van der Waals surface area contributed by atoms with E-state index in [0.717, 1.165) is 17.5 Å². The van der Waals surface area contributed by atoms with Gasteiger partial charge in [0.2, 0.25) is 5.91 Å². The lowest BCUT2D eigenvalue weighted by molar-refractivity contribution is -0.121. The average molecular weight is 245 g/mol. The number of rotatable bonds is 3. The first-order chi connectivity index (χ1) is 8.70. The third-order valence-electron chi connectivity index (χ3n) is 4.27. The predicted molar refractivity (Wildman–Crippen MR) is 69.7 cm³/mol. The number of anilines is 1. The van der Waals surface area contributed by atoms with E-state index in [9.17, 15) is 4.79 Å². The van der Waals surface area contributed by atoms with Crippen molar-refractivity contribution in [3.63, 3.8) is 0 Å². The molecule has 3 atom stereocenters. The molecular formula is C14H19N3O. The number of nitrogens with two attached hydrogens (primary N) is 1. The van der Waals surface area contributed by atoms with E-state index < -0.39 is 0 Å². The summed E-state index contributed by atoms with van der Waals surface area (Å²) < 4.78 is 0. The Labute approximate surface area is 107 Å². The molecule has 2 aliphatic rings. The zero-order valence-corrected chi connectivity index (χ0v) is 10.4. The minimum Gasteiger partial charge on any atom is -0.397 e. The van der Waals surface area contributed by atoms with Crippen LogP contribution in [0.25, 0.3) is 0 Å². The first-order valence-corrected chi connectivity index (χ1v) is 6.70. The monoisotopic (exact) mass is 245 g/mol. The third kappa shape index (κ3) is 2.33. The van der Waals surface area contributed by atoms with Crippen molar-refractivity contribution in [1.82, 2.24) is 10.3 Å². The van der Waals surface area contributed by atoms with Crippen LogP contribution in [0.2, 0.25) is 0 Å². The van der Waals surface area contributed by atoms with Crippen LogP contribution in [0.3, 0.4) is 0 Å². The van der Waals surface area contributed by atoms with Gasteiger partial charge in [0.1, 0.15) is 0 Å². The molecule has 1 heterocycles. The first kappa shape index (κ1) is 11.5. The number of fused-ring (bicyclic) bond motifs is 2. The number of carbonyl (C=O) groups is 1. The molecule has 2 bridgehead atoms. The van der Waals surface area contributed by atoms with Crippen molar-refractivity contribution in [3.8, 4) is 0 Å². The van der Waals surface area contributed by atoms with Crippen LogP contribution in [0.15, 0.2) is 18.3 Å². The summed E-state index contributed by atoms with van der Waals surface area (Å²) in [6.07, 6.45) is 7.08. The molecule has 1 aromatic heterocycles. The number of pyridine rings is 1. The molecule has 4 nitrogen and oxygen atoms in total. The summed E-state index contributed by atoms with van der Waals surface area (Å²) >= 11 is 0. The maximum absolute atomic E-state index is 11.9. The number of amides is 1. The molecule has 3 rings (SSSR count). The molecule has 0 saturated heterocycles. The van der Waals surface area contributed by atoms with Crippen LogP contribution in [0.1, 0.15) is 31.4 Å². The van der Waals surface area contributed by atoms with E-state index in [1.165, 1.54) is 25.7 Å². The van der Waals surface area contributed by atoms with E-state index >= 15 is 0 Å². The van der Waals surface area contributed by atoms with Crippen molar-refractivity contribution in [3.05, 3.63) is 24.0 Å². The predicted octanol–water partition coefficient (Wildman–Crippen LogP) is 1.51. The van der Waals surface area contributed by atoms with Crippen LogP contribution in [0, 0.1) is 11.8 Å². The van der Waals surface area contributed by atoms with E-state index in [-0.39, 0.29) is 5.91 Å². The average Bonchev–Trinajstić information content (AvgIpc) is 2.94. The summed E-state index contributed by atoms with van der Waals surface area (Å²) in [5.41, 5.74) is 6.98. The van der Waals surface area contributed by atoms with Gasteiger partial charge < -0.3 is 11.1 Å². The number of nitrogens with one attached hydrogen (secondary N) is 1. The van der Waals surface area contributed by atoms with Gasteiger partial charge >= 0.3 is 0 Å². The number of aromatic nitrogens is 1. The van der Waals surface area contributed by atoms with Gasteiger partial charge in [0, 0.05) is 11.7 Å². The van der Waals surface area contributed by atoms with Gasteiger partial charge in [0.15, 0.2) is 0 Å². The second-order valence-electron chi connectivity index (χ2n) is 5.61. The molecule has 0 aliphatic heterocycles. The van der Waals surface area contributed by atoms with Crippen LogP contribution < -0.4 is 11.1 Å². The fraction of sp³-hybridized carbons (Fsp3) is 0.571. The highest BCUT2D eigenvalue weighted by molar-refractivity contribution is 5.78. The normalized spacial score (nSPS) is 29.4. The molecule has 96 valence electrons. The Morgan fingerprint density at radius 3 is 2.89 bits per heavy atom. The summed E-state index contributed by atoms with van der Waals surface area (Å²) in [6, 6.07) is 4.01. The molecule has 18 heavy (non-hydrogen) atoms. The highest BCUT2D eigenvalue weighted by atomic mass is 16.1. The largest absolute Gasteiger partial charge is 0.397 e. The smallest absolute Gasteiger partial charge is 0.226 e. The molecule has 0 aromatic carbocycles. The summed E-state index contributed by atoms with van der Waals surface area (Å²) in [4.78, 5) is 16.1. The fourth-order valence-electron chi connectivity index (χ4n) is 3.38. The number of carbonyl (C=O) groups excluding carboxylic acids is 1. The number of hydrogen-bond acceptors (Lipinski definition) is 3. The molecule has 1 amide bonds. The van der Waals surface area contributed by atoms with Crippen molar-refractivity contribution in [1.29, 1.82) is 0 Å². The number of nitrogen functional groups attached to an aromatic ring is 1. The van der Waals surface area contributed by atoms with Gasteiger partial charge in [-0.3, -0.25) is 9.78 Å². The Balaban J connectivity index is 1.54. The molecule has 2 fully saturated rings. The van der Waals surface area contributed by atoms with Gasteiger partial charge in [-0.05, 0) is 43.2 Å². The van der Waals surface area contributed by atoms with Gasteiger partial charge in [-0.15, -0.1) is 0 Å². The summed E-state index contributed by atoms with van der Waals surface area (Å²) in [5.74, 6) is 1.66. The molecular weight excluding hydrogens is 226 g/mol. The summed E-state index contributed by atoms with van der Waals surface area (Å²) in [5, 5.41) is 3.16. The van der Waals surface area contributed by atoms with Crippen LogP contribution in [-0.4, -0.2) is 16.9 Å². The topological polar surface area (TPSA) is 68.0 Å². The zero-order chi connectivity index (χ0) is 12.5. The molecule has 4 heteroatoms. The van der Waals surface area contributed by atoms with Gasteiger partial charge in [-0.1, -0.05) is 6.42 Å². The minimum absolute atomic E-state index is 0.0878.